The van der Waals surface area contributed by atoms with Crippen LogP contribution in [0.15, 0.2) is 97.3 Å². The zero-order chi connectivity index (χ0) is 23.8. The van der Waals surface area contributed by atoms with Gasteiger partial charge in [0.05, 0.1) is 19.0 Å². The number of hydrogen-bond donors (Lipinski definition) is 2. The summed E-state index contributed by atoms with van der Waals surface area (Å²) in [7, 11) is 1.59. The van der Waals surface area contributed by atoms with Crippen LogP contribution in [0, 0.1) is 0 Å². The molecule has 0 saturated carbocycles. The highest BCUT2D eigenvalue weighted by Crippen LogP contribution is 2.28. The number of nitrogens with zero attached hydrogens (tertiary/aromatic N) is 2. The minimum Gasteiger partial charge on any atom is -0.497 e. The van der Waals surface area contributed by atoms with Crippen LogP contribution in [0.4, 0.5) is 11.4 Å². The molecule has 0 aliphatic rings. The first kappa shape index (κ1) is 22.8. The molecule has 7 nitrogen and oxygen atoms in total. The predicted octanol–water partition coefficient (Wildman–Crippen LogP) is 4.69. The third-order valence-electron chi connectivity index (χ3n) is 5.39. The molecule has 0 fully saturated rings. The molecule has 0 atom stereocenters. The summed E-state index contributed by atoms with van der Waals surface area (Å²) in [6, 6.07) is 27.0. The predicted molar refractivity (Wildman–Crippen MR) is 132 cm³/mol. The number of nitrogens with one attached hydrogen (secondary N) is 2. The average Bonchev–Trinajstić information content (AvgIpc) is 3.30. The Hall–Kier alpha value is -4.39. The van der Waals surface area contributed by atoms with Crippen LogP contribution in [-0.4, -0.2) is 28.7 Å². The Morgan fingerprint density at radius 3 is 2.00 bits per heavy atom. The van der Waals surface area contributed by atoms with E-state index in [-0.39, 0.29) is 30.7 Å². The molecule has 3 aromatic carbocycles. The number of hydrogen-bond acceptors (Lipinski definition) is 4. The Labute approximate surface area is 198 Å². The minimum atomic E-state index is -0.223. The highest BCUT2D eigenvalue weighted by molar-refractivity contribution is 5.92. The van der Waals surface area contributed by atoms with Crippen LogP contribution in [0.3, 0.4) is 0 Å². The Balaban J connectivity index is 1.36. The summed E-state index contributed by atoms with van der Waals surface area (Å²) in [5.74, 6) is 0.305. The van der Waals surface area contributed by atoms with Crippen LogP contribution in [0.1, 0.15) is 23.5 Å². The molecule has 0 aliphatic carbocycles. The third kappa shape index (κ3) is 6.10. The standard InChI is InChI=1S/C27H26N4O3/c1-34-24-14-12-22(13-15-24)29-27(33)19-31-18-23(17-28-31)30-26(32)16-25(20-8-4-2-5-9-20)21-10-6-3-7-11-21/h2-15,17-18,25H,16,19H2,1H3,(H,29,33)(H,30,32). The summed E-state index contributed by atoms with van der Waals surface area (Å²) < 4.78 is 6.60. The fraction of sp³-hybridized carbons (Fsp3) is 0.148. The van der Waals surface area contributed by atoms with Gasteiger partial charge in [-0.05, 0) is 35.4 Å². The Bertz CT molecular complexity index is 1180. The molecule has 34 heavy (non-hydrogen) atoms. The topological polar surface area (TPSA) is 85.2 Å². The quantitative estimate of drug-likeness (QED) is 0.384. The van der Waals surface area contributed by atoms with Gasteiger partial charge in [0.2, 0.25) is 11.8 Å². The van der Waals surface area contributed by atoms with Gasteiger partial charge in [0.15, 0.2) is 0 Å². The first-order valence-electron chi connectivity index (χ1n) is 11.0. The zero-order valence-electron chi connectivity index (χ0n) is 18.8. The molecular weight excluding hydrogens is 428 g/mol. The van der Waals surface area contributed by atoms with Crippen LogP contribution in [-0.2, 0) is 16.1 Å². The maximum absolute atomic E-state index is 12.9. The molecule has 4 rings (SSSR count). The van der Waals surface area contributed by atoms with Gasteiger partial charge >= 0.3 is 0 Å². The number of anilines is 2. The molecule has 1 aromatic heterocycles. The normalized spacial score (nSPS) is 10.6. The van der Waals surface area contributed by atoms with Crippen LogP contribution in [0.25, 0.3) is 0 Å². The molecule has 0 spiro atoms. The smallest absolute Gasteiger partial charge is 0.246 e. The number of benzene rings is 3. The van der Waals surface area contributed by atoms with Crippen molar-refractivity contribution in [1.29, 1.82) is 0 Å². The molecule has 172 valence electrons. The van der Waals surface area contributed by atoms with Gasteiger partial charge in [-0.3, -0.25) is 14.3 Å². The van der Waals surface area contributed by atoms with Gasteiger partial charge in [0, 0.05) is 24.2 Å². The first-order chi connectivity index (χ1) is 16.6. The second-order valence-corrected chi connectivity index (χ2v) is 7.83. The number of carbonyl (C=O) groups is 2. The zero-order valence-corrected chi connectivity index (χ0v) is 18.8. The number of amides is 2. The van der Waals surface area contributed by atoms with Crippen LogP contribution in [0.2, 0.25) is 0 Å². The van der Waals surface area contributed by atoms with E-state index in [4.69, 9.17) is 4.74 Å². The number of methoxy groups -OCH3 is 1. The SMILES string of the molecule is COc1ccc(NC(=O)Cn2cc(NC(=O)CC(c3ccccc3)c3ccccc3)cn2)cc1. The van der Waals surface area contributed by atoms with Crippen molar-refractivity contribution < 1.29 is 14.3 Å². The molecule has 1 heterocycles. The van der Waals surface area contributed by atoms with Crippen molar-refractivity contribution in [3.63, 3.8) is 0 Å². The van der Waals surface area contributed by atoms with E-state index in [1.54, 1.807) is 43.8 Å². The molecule has 0 saturated heterocycles. The Kier molecular flexibility index (Phi) is 7.35. The van der Waals surface area contributed by atoms with E-state index < -0.39 is 0 Å². The summed E-state index contributed by atoms with van der Waals surface area (Å²) in [4.78, 5) is 25.2. The summed E-state index contributed by atoms with van der Waals surface area (Å²) in [6.45, 7) is 0.0263. The molecule has 0 unspecified atom stereocenters. The lowest BCUT2D eigenvalue weighted by Gasteiger charge is -2.17. The molecule has 2 N–H and O–H groups in total. The number of rotatable bonds is 9. The molecule has 0 aliphatic heterocycles. The second kappa shape index (κ2) is 11.0. The van der Waals surface area contributed by atoms with Crippen molar-refractivity contribution in [2.45, 2.75) is 18.9 Å². The lowest BCUT2D eigenvalue weighted by Crippen LogP contribution is -2.19. The maximum Gasteiger partial charge on any atom is 0.246 e. The molecule has 2 amide bonds. The maximum atomic E-state index is 12.9. The van der Waals surface area contributed by atoms with Crippen molar-refractivity contribution in [3.05, 3.63) is 108 Å². The van der Waals surface area contributed by atoms with Crippen molar-refractivity contribution in [2.24, 2.45) is 0 Å². The van der Waals surface area contributed by atoms with Gasteiger partial charge in [-0.1, -0.05) is 60.7 Å². The van der Waals surface area contributed by atoms with E-state index in [0.717, 1.165) is 11.1 Å². The first-order valence-corrected chi connectivity index (χ1v) is 11.0. The van der Waals surface area contributed by atoms with Crippen LogP contribution in [0.5, 0.6) is 5.75 Å². The average molecular weight is 455 g/mol. The van der Waals surface area contributed by atoms with Gasteiger partial charge in [-0.25, -0.2) is 0 Å². The molecule has 4 aromatic rings. The number of ether oxygens (including phenoxy) is 1. The van der Waals surface area contributed by atoms with E-state index in [9.17, 15) is 9.59 Å². The summed E-state index contributed by atoms with van der Waals surface area (Å²) in [5, 5.41) is 9.91. The van der Waals surface area contributed by atoms with E-state index in [1.165, 1.54) is 4.68 Å². The summed E-state index contributed by atoms with van der Waals surface area (Å²) >= 11 is 0. The minimum absolute atomic E-state index is 0.0263. The Morgan fingerprint density at radius 2 is 1.41 bits per heavy atom. The third-order valence-corrected chi connectivity index (χ3v) is 5.39. The van der Waals surface area contributed by atoms with Crippen molar-refractivity contribution in [3.8, 4) is 5.75 Å². The van der Waals surface area contributed by atoms with Crippen molar-refractivity contribution >= 4 is 23.2 Å². The fourth-order valence-corrected chi connectivity index (χ4v) is 3.73. The van der Waals surface area contributed by atoms with E-state index in [2.05, 4.69) is 15.7 Å². The second-order valence-electron chi connectivity index (χ2n) is 7.83. The highest BCUT2D eigenvalue weighted by atomic mass is 16.5. The number of carbonyl (C=O) groups excluding carboxylic acids is 2. The lowest BCUT2D eigenvalue weighted by atomic mass is 9.88. The van der Waals surface area contributed by atoms with Crippen molar-refractivity contribution in [1.82, 2.24) is 9.78 Å². The Morgan fingerprint density at radius 1 is 0.824 bits per heavy atom. The van der Waals surface area contributed by atoms with Crippen LogP contribution < -0.4 is 15.4 Å². The van der Waals surface area contributed by atoms with Gasteiger partial charge in [-0.2, -0.15) is 5.10 Å². The van der Waals surface area contributed by atoms with Gasteiger partial charge in [0.25, 0.3) is 0 Å². The summed E-state index contributed by atoms with van der Waals surface area (Å²) in [6.07, 6.45) is 3.47. The van der Waals surface area contributed by atoms with Crippen LogP contribution >= 0.6 is 0 Å². The lowest BCUT2D eigenvalue weighted by molar-refractivity contribution is -0.117. The van der Waals surface area contributed by atoms with Gasteiger partial charge in [-0.15, -0.1) is 0 Å². The molecular formula is C27H26N4O3. The van der Waals surface area contributed by atoms with E-state index in [1.807, 2.05) is 60.7 Å². The highest BCUT2D eigenvalue weighted by Gasteiger charge is 2.18. The molecule has 0 radical (unpaired) electrons. The van der Waals surface area contributed by atoms with E-state index in [0.29, 0.717) is 17.1 Å². The van der Waals surface area contributed by atoms with Gasteiger partial charge < -0.3 is 15.4 Å². The molecule has 0 bridgehead atoms. The van der Waals surface area contributed by atoms with Crippen molar-refractivity contribution in [2.75, 3.05) is 17.7 Å². The number of aromatic nitrogens is 2. The van der Waals surface area contributed by atoms with E-state index >= 15 is 0 Å². The largest absolute Gasteiger partial charge is 0.497 e. The summed E-state index contributed by atoms with van der Waals surface area (Å²) in [5.41, 5.74) is 3.37. The fourth-order valence-electron chi connectivity index (χ4n) is 3.73. The monoisotopic (exact) mass is 454 g/mol. The van der Waals surface area contributed by atoms with Gasteiger partial charge in [0.1, 0.15) is 12.3 Å². The molecule has 7 heteroatoms.